The Morgan fingerprint density at radius 2 is 1.48 bits per heavy atom. The van der Waals surface area contributed by atoms with Crippen molar-refractivity contribution in [2.24, 2.45) is 0 Å². The number of ether oxygens (including phenoxy) is 1. The molecule has 4 aromatic rings. The number of halogens is 1. The van der Waals surface area contributed by atoms with E-state index in [1.54, 1.807) is 30.1 Å². The van der Waals surface area contributed by atoms with Crippen molar-refractivity contribution in [1.82, 2.24) is 15.1 Å². The van der Waals surface area contributed by atoms with Crippen LogP contribution < -0.4 is 15.4 Å². The average molecular weight is 775 g/mol. The third-order valence-electron chi connectivity index (χ3n) is 10.2. The van der Waals surface area contributed by atoms with Gasteiger partial charge in [-0.2, -0.15) is 0 Å². The van der Waals surface area contributed by atoms with Crippen molar-refractivity contribution in [3.63, 3.8) is 0 Å². The van der Waals surface area contributed by atoms with Crippen LogP contribution in [0.3, 0.4) is 0 Å². The Morgan fingerprint density at radius 1 is 0.804 bits per heavy atom. The highest BCUT2D eigenvalue weighted by atomic mass is 35.5. The number of imide groups is 2. The summed E-state index contributed by atoms with van der Waals surface area (Å²) in [6.45, 7) is 1.42. The summed E-state index contributed by atoms with van der Waals surface area (Å²) < 4.78 is 6.04. The quantitative estimate of drug-likeness (QED) is 0.0463. The fourth-order valence-corrected chi connectivity index (χ4v) is 7.43. The first-order valence-electron chi connectivity index (χ1n) is 19.2. The topological polar surface area (TPSA) is 125 Å². The molecule has 1 fully saturated rings. The van der Waals surface area contributed by atoms with Gasteiger partial charge >= 0.3 is 0 Å². The molecule has 1 unspecified atom stereocenters. The highest BCUT2D eigenvalue weighted by molar-refractivity contribution is 6.25. The molecule has 0 radical (unpaired) electrons. The molecule has 0 spiro atoms. The Balaban J connectivity index is 0.922. The normalized spacial score (nSPS) is 15.6. The summed E-state index contributed by atoms with van der Waals surface area (Å²) in [6, 6.07) is 32.8. The number of alkyl halides is 1. The second-order valence-electron chi connectivity index (χ2n) is 14.0. The molecule has 5 amide bonds. The van der Waals surface area contributed by atoms with Gasteiger partial charge in [0.15, 0.2) is 0 Å². The first kappa shape index (κ1) is 39.9. The number of benzene rings is 4. The maximum absolute atomic E-state index is 13.3. The van der Waals surface area contributed by atoms with Crippen LogP contribution in [0.5, 0.6) is 5.75 Å². The SMILES string of the molecule is CN(CCOc1ccc(C(=C(CCCl)c2ccccc2)c2ccccc2)cc1)C(=O)CCCCCCNc1cccc2c1C(=O)N(C1CCC(=O)NC1=O)C2=O. The minimum Gasteiger partial charge on any atom is -0.492 e. The average Bonchev–Trinajstić information content (AvgIpc) is 3.47. The first-order chi connectivity index (χ1) is 27.3. The molecule has 290 valence electrons. The molecule has 2 heterocycles. The summed E-state index contributed by atoms with van der Waals surface area (Å²) in [6.07, 6.45) is 4.67. The molecule has 11 heteroatoms. The van der Waals surface area contributed by atoms with E-state index in [0.29, 0.717) is 37.7 Å². The lowest BCUT2D eigenvalue weighted by Crippen LogP contribution is -2.54. The predicted molar refractivity (Wildman–Crippen MR) is 218 cm³/mol. The van der Waals surface area contributed by atoms with Gasteiger partial charge < -0.3 is 15.0 Å². The minimum atomic E-state index is -1.00. The van der Waals surface area contributed by atoms with Gasteiger partial charge in [0.05, 0.1) is 17.7 Å². The third kappa shape index (κ3) is 9.55. The van der Waals surface area contributed by atoms with Crippen molar-refractivity contribution in [2.45, 2.75) is 57.4 Å². The van der Waals surface area contributed by atoms with E-state index in [1.807, 2.05) is 48.5 Å². The number of carbonyl (C=O) groups excluding carboxylic acids is 5. The summed E-state index contributed by atoms with van der Waals surface area (Å²) >= 11 is 6.30. The number of nitrogens with zero attached hydrogens (tertiary/aromatic N) is 2. The number of carbonyl (C=O) groups is 5. The number of rotatable bonds is 18. The Morgan fingerprint density at radius 3 is 2.18 bits per heavy atom. The van der Waals surface area contributed by atoms with Gasteiger partial charge in [-0.15, -0.1) is 11.6 Å². The highest BCUT2D eigenvalue weighted by Gasteiger charge is 2.45. The lowest BCUT2D eigenvalue weighted by molar-refractivity contribution is -0.136. The lowest BCUT2D eigenvalue weighted by Gasteiger charge is -2.27. The smallest absolute Gasteiger partial charge is 0.264 e. The predicted octanol–water partition coefficient (Wildman–Crippen LogP) is 7.58. The van der Waals surface area contributed by atoms with E-state index in [4.69, 9.17) is 16.3 Å². The molecule has 0 aromatic heterocycles. The van der Waals surface area contributed by atoms with Crippen molar-refractivity contribution in [1.29, 1.82) is 0 Å². The van der Waals surface area contributed by atoms with Crippen LogP contribution in [0, 0.1) is 0 Å². The van der Waals surface area contributed by atoms with E-state index in [1.165, 1.54) is 5.57 Å². The highest BCUT2D eigenvalue weighted by Crippen LogP contribution is 2.36. The number of hydrogen-bond donors (Lipinski definition) is 2. The van der Waals surface area contributed by atoms with Crippen LogP contribution in [0.4, 0.5) is 5.69 Å². The van der Waals surface area contributed by atoms with Crippen LogP contribution in [-0.2, 0) is 14.4 Å². The molecule has 0 bridgehead atoms. The van der Waals surface area contributed by atoms with Gasteiger partial charge in [0.25, 0.3) is 11.8 Å². The van der Waals surface area contributed by atoms with Crippen LogP contribution in [0.15, 0.2) is 103 Å². The van der Waals surface area contributed by atoms with Crippen LogP contribution in [-0.4, -0.2) is 78.0 Å². The van der Waals surface area contributed by atoms with Gasteiger partial charge in [0.2, 0.25) is 17.7 Å². The second kappa shape index (κ2) is 19.2. The van der Waals surface area contributed by atoms with Crippen LogP contribution in [0.1, 0.15) is 88.8 Å². The Labute approximate surface area is 332 Å². The van der Waals surface area contributed by atoms with E-state index in [-0.39, 0.29) is 29.9 Å². The molecule has 2 N–H and O–H groups in total. The standard InChI is InChI=1S/C45H47ClN4O6/c1-49(29-30-56-34-22-20-33(21-23-34)41(32-15-8-5-9-16-32)35(26-27-46)31-13-6-4-7-14-31)40(52)19-10-2-3-11-28-47-37-18-12-17-36-42(37)45(55)50(44(36)54)38-24-25-39(51)48-43(38)53/h4-9,12-18,20-23,38,47H,2-3,10-11,19,24-30H2,1H3,(H,48,51,53). The van der Waals surface area contributed by atoms with E-state index in [9.17, 15) is 24.0 Å². The van der Waals surface area contributed by atoms with Crippen molar-refractivity contribution in [2.75, 3.05) is 37.9 Å². The van der Waals surface area contributed by atoms with Gasteiger partial charge in [-0.05, 0) is 77.8 Å². The molecule has 1 atom stereocenters. The summed E-state index contributed by atoms with van der Waals surface area (Å²) in [5, 5.41) is 5.49. The molecule has 1 saturated heterocycles. The fraction of sp³-hybridized carbons (Fsp3) is 0.311. The maximum atomic E-state index is 13.3. The number of anilines is 1. The van der Waals surface area contributed by atoms with Crippen molar-refractivity contribution in [3.05, 3.63) is 131 Å². The number of nitrogens with one attached hydrogen (secondary N) is 2. The fourth-order valence-electron chi connectivity index (χ4n) is 7.24. The largest absolute Gasteiger partial charge is 0.492 e. The Hall–Kier alpha value is -5.74. The zero-order chi connectivity index (χ0) is 39.4. The minimum absolute atomic E-state index is 0.0658. The van der Waals surface area contributed by atoms with Crippen LogP contribution >= 0.6 is 11.6 Å². The molecule has 0 saturated carbocycles. The number of hydrogen-bond acceptors (Lipinski definition) is 7. The van der Waals surface area contributed by atoms with Crippen LogP contribution in [0.25, 0.3) is 11.1 Å². The van der Waals surface area contributed by atoms with Crippen molar-refractivity contribution in [3.8, 4) is 5.75 Å². The summed E-state index contributed by atoms with van der Waals surface area (Å²) in [4.78, 5) is 65.9. The molecule has 10 nitrogen and oxygen atoms in total. The van der Waals surface area contributed by atoms with E-state index in [0.717, 1.165) is 65.0 Å². The number of likely N-dealkylation sites (N-methyl/N-ethyl adjacent to an activating group) is 1. The maximum Gasteiger partial charge on any atom is 0.264 e. The van der Waals surface area contributed by atoms with Crippen molar-refractivity contribution < 1.29 is 28.7 Å². The van der Waals surface area contributed by atoms with E-state index in [2.05, 4.69) is 47.0 Å². The zero-order valence-corrected chi connectivity index (χ0v) is 32.4. The van der Waals surface area contributed by atoms with Gasteiger partial charge in [0, 0.05) is 38.0 Å². The molecule has 6 rings (SSSR count). The van der Waals surface area contributed by atoms with Gasteiger partial charge in [0.1, 0.15) is 18.4 Å². The monoisotopic (exact) mass is 774 g/mol. The molecule has 56 heavy (non-hydrogen) atoms. The van der Waals surface area contributed by atoms with Crippen molar-refractivity contribution >= 4 is 58.0 Å². The van der Waals surface area contributed by atoms with Gasteiger partial charge in [-0.1, -0.05) is 91.7 Å². The third-order valence-corrected chi connectivity index (χ3v) is 10.4. The van der Waals surface area contributed by atoms with Gasteiger partial charge in [-0.25, -0.2) is 0 Å². The second-order valence-corrected chi connectivity index (χ2v) is 14.4. The molecule has 0 aliphatic carbocycles. The molecule has 2 aliphatic rings. The van der Waals surface area contributed by atoms with Crippen LogP contribution in [0.2, 0.25) is 0 Å². The number of unbranched alkanes of at least 4 members (excludes halogenated alkanes) is 3. The number of amides is 5. The Bertz CT molecular complexity index is 2070. The Kier molecular flexibility index (Phi) is 13.7. The number of allylic oxidation sites excluding steroid dienone is 1. The summed E-state index contributed by atoms with van der Waals surface area (Å²) in [5.41, 5.74) is 6.70. The zero-order valence-electron chi connectivity index (χ0n) is 31.6. The molecular weight excluding hydrogens is 728 g/mol. The summed E-state index contributed by atoms with van der Waals surface area (Å²) in [7, 11) is 1.79. The molecule has 2 aliphatic heterocycles. The number of fused-ring (bicyclic) bond motifs is 1. The lowest BCUT2D eigenvalue weighted by atomic mass is 9.88. The molecular formula is C45H47ClN4O6. The number of piperidine rings is 1. The molecule has 4 aromatic carbocycles. The van der Waals surface area contributed by atoms with E-state index >= 15 is 0 Å². The van der Waals surface area contributed by atoms with Gasteiger partial charge in [-0.3, -0.25) is 34.2 Å². The van der Waals surface area contributed by atoms with E-state index < -0.39 is 29.7 Å². The summed E-state index contributed by atoms with van der Waals surface area (Å²) in [5.74, 6) is -0.793. The first-order valence-corrected chi connectivity index (χ1v) is 19.8.